The molecule has 0 saturated carbocycles. The Kier molecular flexibility index (Phi) is 36.2. The van der Waals surface area contributed by atoms with Crippen molar-refractivity contribution in [1.82, 2.24) is 61.6 Å². The van der Waals surface area contributed by atoms with Crippen LogP contribution >= 0.6 is 35.2 Å². The van der Waals surface area contributed by atoms with E-state index < -0.39 is 217 Å². The monoisotopic (exact) mass is 1660 g/mol. The van der Waals surface area contributed by atoms with Gasteiger partial charge < -0.3 is 92.2 Å². The molecular formula is C67H105N14O27P3S. The number of nitrogens with one attached hydrogen (secondary N) is 7. The molecule has 1 fully saturated rings. The van der Waals surface area contributed by atoms with E-state index in [2.05, 4.69) is 72.9 Å². The lowest BCUT2D eigenvalue weighted by Gasteiger charge is -2.30. The highest BCUT2D eigenvalue weighted by Gasteiger charge is 2.51. The van der Waals surface area contributed by atoms with Crippen LogP contribution in [0.2, 0.25) is 0 Å². The summed E-state index contributed by atoms with van der Waals surface area (Å²) in [5.74, 6) is -12.8. The van der Waals surface area contributed by atoms with Gasteiger partial charge in [0.2, 0.25) is 52.4 Å². The van der Waals surface area contributed by atoms with Gasteiger partial charge >= 0.3 is 29.4 Å². The fraction of sp³-hybridized carbons (Fsp3) is 0.657. The summed E-state index contributed by atoms with van der Waals surface area (Å²) >= 11 is 0.565. The van der Waals surface area contributed by atoms with Crippen LogP contribution in [0.3, 0.4) is 0 Å². The number of aliphatic hydroxyl groups is 2. The predicted octanol–water partition coefficient (Wildman–Crippen LogP) is 0.840. The number of aliphatic carboxylic acids is 1. The SMILES string of the molecule is CO[C@@H](Cc1ccccc1)[C@@H](C)CC(C)CC[C@@H]1NC(=O)[C@H](C)NC(=O)[C@@H](C)[C@H](C(=O)SCCNC(=O)CCNC(=O)C(O)C(C)(C)COP(=O)(O)OP(=O)(O)OCC2OC(n3cnc4c(N)ncnc43)C(O)C2OP(=O)(O)O)NC(=O)[C@H](CC(C)C)NC(=O)[C@@H](C)NC(=O)[C@H](C)N(C)C(=O)CCC(C(=O)O)=NC(=O)[C@H]1C. The number of fused-ring (bicyclic) bond motifs is 1. The van der Waals surface area contributed by atoms with Gasteiger partial charge in [0, 0.05) is 63.7 Å². The number of carboxylic acids is 1. The summed E-state index contributed by atoms with van der Waals surface area (Å²) in [5, 5.41) is 49.3. The third kappa shape index (κ3) is 29.0. The van der Waals surface area contributed by atoms with Gasteiger partial charge in [0.15, 0.2) is 17.7 Å². The second-order valence-corrected chi connectivity index (χ2v) is 34.1. The van der Waals surface area contributed by atoms with Crippen LogP contribution in [-0.2, 0) is 100 Å². The van der Waals surface area contributed by atoms with E-state index >= 15 is 0 Å². The van der Waals surface area contributed by atoms with Crippen molar-refractivity contribution in [3.63, 3.8) is 0 Å². The minimum atomic E-state index is -5.72. The van der Waals surface area contributed by atoms with E-state index in [1.54, 1.807) is 21.0 Å². The molecule has 41 nitrogen and oxygen atoms in total. The van der Waals surface area contributed by atoms with E-state index in [9.17, 15) is 101 Å². The maximum atomic E-state index is 14.4. The average molecular weight is 1660 g/mol. The fourth-order valence-electron chi connectivity index (χ4n) is 11.9. The zero-order chi connectivity index (χ0) is 84.1. The minimum absolute atomic E-state index is 0.0194. The number of hydrogen-bond acceptors (Lipinski definition) is 27. The van der Waals surface area contributed by atoms with E-state index in [0.717, 1.165) is 27.7 Å². The van der Waals surface area contributed by atoms with Crippen LogP contribution in [-0.4, -0.2) is 242 Å². The zero-order valence-electron chi connectivity index (χ0n) is 64.4. The van der Waals surface area contributed by atoms with Crippen molar-refractivity contribution in [3.05, 3.63) is 48.5 Å². The Morgan fingerprint density at radius 3 is 2.06 bits per heavy atom. The number of phosphoric ester groups is 3. The molecule has 0 spiro atoms. The van der Waals surface area contributed by atoms with Gasteiger partial charge in [-0.25, -0.2) is 38.4 Å². The first-order chi connectivity index (χ1) is 52.2. The van der Waals surface area contributed by atoms with Crippen LogP contribution in [0.1, 0.15) is 133 Å². The highest BCUT2D eigenvalue weighted by molar-refractivity contribution is 8.13. The number of aliphatic hydroxyl groups excluding tert-OH is 2. The van der Waals surface area contributed by atoms with Crippen LogP contribution in [0.5, 0.6) is 0 Å². The first kappa shape index (κ1) is 95.0. The second-order valence-electron chi connectivity index (χ2n) is 28.8. The molecule has 0 aliphatic carbocycles. The number of likely N-dealkylation sites (N-methyl/N-ethyl adjacent to an activating group) is 1. The molecule has 2 aliphatic rings. The summed E-state index contributed by atoms with van der Waals surface area (Å²) in [6.07, 6.45) is -7.14. The lowest BCUT2D eigenvalue weighted by molar-refractivity contribution is -0.139. The van der Waals surface area contributed by atoms with Gasteiger partial charge in [0.25, 0.3) is 5.91 Å². The summed E-state index contributed by atoms with van der Waals surface area (Å²) < 4.78 is 69.2. The normalized spacial score (nSPS) is 25.6. The molecule has 4 heterocycles. The summed E-state index contributed by atoms with van der Waals surface area (Å²) in [7, 11) is -13.9. The average Bonchev–Trinajstić information content (AvgIpc) is 1.62. The van der Waals surface area contributed by atoms with Crippen molar-refractivity contribution >= 4 is 122 Å². The van der Waals surface area contributed by atoms with Gasteiger partial charge in [-0.1, -0.05) is 97.5 Å². The van der Waals surface area contributed by atoms with Crippen LogP contribution in [0.15, 0.2) is 48.0 Å². The van der Waals surface area contributed by atoms with Crippen molar-refractivity contribution in [2.75, 3.05) is 51.9 Å². The summed E-state index contributed by atoms with van der Waals surface area (Å²) in [6.45, 7) is 13.6. The molecule has 18 atom stereocenters. The summed E-state index contributed by atoms with van der Waals surface area (Å²) in [5.41, 5.74) is 4.44. The molecule has 1 aromatic carbocycles. The van der Waals surface area contributed by atoms with Crippen molar-refractivity contribution in [2.45, 2.75) is 201 Å². The Morgan fingerprint density at radius 1 is 0.804 bits per heavy atom. The lowest BCUT2D eigenvalue weighted by atomic mass is 9.85. The Bertz CT molecular complexity index is 3990. The number of nitrogens with two attached hydrogens (primary N) is 1. The van der Waals surface area contributed by atoms with Gasteiger partial charge in [-0.05, 0) is 76.2 Å². The largest absolute Gasteiger partial charge is 0.481 e. The van der Waals surface area contributed by atoms with Gasteiger partial charge in [-0.2, -0.15) is 4.31 Å². The van der Waals surface area contributed by atoms with Crippen molar-refractivity contribution in [2.24, 2.45) is 40.0 Å². The molecule has 5 rings (SSSR count). The number of methoxy groups -OCH3 is 1. The number of carboxylic acid groups (broad SMARTS) is 1. The molecule has 0 bridgehead atoms. The van der Waals surface area contributed by atoms with E-state index in [1.165, 1.54) is 55.5 Å². The number of carbonyl (C=O) groups excluding carboxylic acids is 10. The summed E-state index contributed by atoms with van der Waals surface area (Å²) in [6, 6.07) is 1.63. The number of aromatic nitrogens is 4. The number of imidazole rings is 1. The van der Waals surface area contributed by atoms with Crippen molar-refractivity contribution in [1.29, 1.82) is 0 Å². The summed E-state index contributed by atoms with van der Waals surface area (Å²) in [4.78, 5) is 208. The number of hydrogen-bond donors (Lipinski definition) is 15. The fourth-order valence-corrected chi connectivity index (χ4v) is 15.5. The van der Waals surface area contributed by atoms with Crippen LogP contribution < -0.4 is 43.0 Å². The molecule has 626 valence electrons. The van der Waals surface area contributed by atoms with Crippen LogP contribution in [0, 0.1) is 35.0 Å². The maximum absolute atomic E-state index is 14.4. The van der Waals surface area contributed by atoms with Gasteiger partial charge in [0.05, 0.1) is 37.5 Å². The smallest absolute Gasteiger partial charge is 0.477 e. The molecule has 0 radical (unpaired) electrons. The number of anilines is 1. The number of nitrogen functional groups attached to an aromatic ring is 1. The number of amides is 9. The zero-order valence-corrected chi connectivity index (χ0v) is 67.9. The number of thioether (sulfide) groups is 1. The Labute approximate surface area is 650 Å². The number of ether oxygens (including phenoxy) is 2. The van der Waals surface area contributed by atoms with E-state index in [0.29, 0.717) is 31.0 Å². The first-order valence-corrected chi connectivity index (χ1v) is 41.4. The number of carbonyl (C=O) groups is 11. The third-order valence-corrected chi connectivity index (χ3v) is 22.8. The van der Waals surface area contributed by atoms with E-state index in [4.69, 9.17) is 24.3 Å². The van der Waals surface area contributed by atoms with Gasteiger partial charge in [-0.15, -0.1) is 0 Å². The Balaban J connectivity index is 1.24. The molecule has 16 N–H and O–H groups in total. The molecule has 45 heteroatoms. The van der Waals surface area contributed by atoms with E-state index in [-0.39, 0.29) is 66.0 Å². The lowest BCUT2D eigenvalue weighted by Crippen LogP contribution is -2.59. The maximum Gasteiger partial charge on any atom is 0.481 e. The van der Waals surface area contributed by atoms with Crippen LogP contribution in [0.25, 0.3) is 11.2 Å². The standard InChI is InChI=1S/C67H105N14O27P3S/c1-34(2)27-45-62(91)79-50(66(95)112-26-25-69-48(82)23-24-70-63(92)54(85)67(10,11)31-105-111(101,102)108-110(99,100)104-30-47-53(107-109(96,97)98)52(84)64(106-47)81-33-73-51-55(68)71-32-72-56(51)81)38(6)58(87)74-39(7)59(88)76-43(20-19-35(3)28-36(4)46(103-13)29-42-17-15-14-16-18-42)37(5)57(86)77-44(65(93)94)21-22-49(83)80(12)41(9)61(90)75-40(8)60(89)78-45/h14-18,32-41,43,45-47,50,52-54,64,84-85H,19-31H2,1-13H3,(H,69,82)(H,70,92)(H,74,87)(H,75,90)(H,76,88)(H,78,89)(H,79,91)(H,93,94)(H,99,100)(H,101,102)(H2,68,71,72)(H2,96,97,98)/t35?,36-,37-,38-,39-,40+,41-,43-,45-,46-,47?,50+,52?,53?,54?,64?/m0/s1. The molecule has 3 aromatic rings. The second kappa shape index (κ2) is 42.7. The number of nitrogens with zero attached hydrogens (tertiary/aromatic N) is 6. The molecule has 8 unspecified atom stereocenters. The predicted molar refractivity (Wildman–Crippen MR) is 401 cm³/mol. The quantitative estimate of drug-likeness (QED) is 0.0304. The van der Waals surface area contributed by atoms with E-state index in [1.807, 2.05) is 37.3 Å². The van der Waals surface area contributed by atoms with Gasteiger partial charge in [-0.3, -0.25) is 66.1 Å². The van der Waals surface area contributed by atoms with Crippen molar-refractivity contribution < 1.29 is 129 Å². The number of benzene rings is 1. The van der Waals surface area contributed by atoms with Crippen LogP contribution in [0.4, 0.5) is 5.82 Å². The van der Waals surface area contributed by atoms with Gasteiger partial charge in [0.1, 0.15) is 72.2 Å². The number of rotatable bonds is 32. The topological polar surface area (TPSA) is 605 Å². The molecule has 2 aromatic heterocycles. The Hall–Kier alpha value is -7.63. The van der Waals surface area contributed by atoms with Crippen molar-refractivity contribution in [3.8, 4) is 0 Å². The molecule has 112 heavy (non-hydrogen) atoms. The number of aliphatic imine (C=N–C) groups is 1. The first-order valence-electron chi connectivity index (χ1n) is 35.9. The molecule has 1 saturated heterocycles. The molecule has 9 amide bonds. The highest BCUT2D eigenvalue weighted by atomic mass is 32.2. The highest BCUT2D eigenvalue weighted by Crippen LogP contribution is 2.61. The number of phosphoric acid groups is 3. The molecule has 2 aliphatic heterocycles. The minimum Gasteiger partial charge on any atom is -0.477 e. The Morgan fingerprint density at radius 2 is 1.44 bits per heavy atom. The third-order valence-electron chi connectivity index (χ3n) is 18.8. The molecular weight excluding hydrogens is 1560 g/mol.